The molecule has 0 aliphatic carbocycles. The number of hydrogen-bond acceptors (Lipinski definition) is 4. The van der Waals surface area contributed by atoms with Gasteiger partial charge in [0.05, 0.1) is 12.7 Å². The monoisotopic (exact) mass is 234 g/mol. The predicted molar refractivity (Wildman–Crippen MR) is 65.0 cm³/mol. The molecule has 4 N–H and O–H groups in total. The summed E-state index contributed by atoms with van der Waals surface area (Å²) in [6, 6.07) is 4.87. The maximum atomic E-state index is 11.5. The van der Waals surface area contributed by atoms with Crippen molar-refractivity contribution in [1.29, 1.82) is 0 Å². The minimum atomic E-state index is -0.476. The molecule has 0 aliphatic rings. The molecule has 0 spiro atoms. The van der Waals surface area contributed by atoms with Crippen molar-refractivity contribution in [3.63, 3.8) is 0 Å². The van der Waals surface area contributed by atoms with Crippen LogP contribution in [0.15, 0.2) is 24.3 Å². The summed E-state index contributed by atoms with van der Waals surface area (Å²) in [6.07, 6.45) is 3.34. The van der Waals surface area contributed by atoms with Crippen LogP contribution in [-0.4, -0.2) is 19.0 Å². The van der Waals surface area contributed by atoms with Crippen LogP contribution >= 0.6 is 0 Å². The Labute approximate surface area is 99.0 Å². The number of methoxy groups -OCH3 is 1. The molecule has 0 radical (unpaired) electrons. The van der Waals surface area contributed by atoms with E-state index >= 15 is 0 Å². The van der Waals surface area contributed by atoms with Crippen LogP contribution in [0.4, 0.5) is 5.69 Å². The lowest BCUT2D eigenvalue weighted by molar-refractivity contribution is -0.117. The molecule has 17 heavy (non-hydrogen) atoms. The Hall–Kier alpha value is -2.30. The van der Waals surface area contributed by atoms with Crippen LogP contribution < -0.4 is 11.5 Å². The average Bonchev–Trinajstić information content (AvgIpc) is 2.29. The van der Waals surface area contributed by atoms with Crippen molar-refractivity contribution in [3.05, 3.63) is 35.4 Å². The highest BCUT2D eigenvalue weighted by molar-refractivity contribution is 5.94. The Morgan fingerprint density at radius 3 is 2.71 bits per heavy atom. The third-order valence-electron chi connectivity index (χ3n) is 2.10. The van der Waals surface area contributed by atoms with Crippen molar-refractivity contribution < 1.29 is 14.3 Å². The molecule has 90 valence electrons. The molecule has 5 nitrogen and oxygen atoms in total. The summed E-state index contributed by atoms with van der Waals surface area (Å²) in [6.45, 7) is 0. The number of carbonyl (C=O) groups is 2. The Morgan fingerprint density at radius 2 is 2.12 bits per heavy atom. The number of anilines is 1. The van der Waals surface area contributed by atoms with Gasteiger partial charge in [0.2, 0.25) is 5.91 Å². The number of rotatable bonds is 4. The van der Waals surface area contributed by atoms with Gasteiger partial charge in [-0.15, -0.1) is 0 Å². The molecule has 0 fully saturated rings. The average molecular weight is 234 g/mol. The minimum Gasteiger partial charge on any atom is -0.465 e. The molecule has 0 heterocycles. The van der Waals surface area contributed by atoms with E-state index in [2.05, 4.69) is 4.74 Å². The number of primary amides is 1. The second-order valence-corrected chi connectivity index (χ2v) is 3.41. The summed E-state index contributed by atoms with van der Waals surface area (Å²) >= 11 is 0. The molecule has 0 saturated carbocycles. The van der Waals surface area contributed by atoms with E-state index in [0.717, 1.165) is 0 Å². The number of esters is 1. The molecule has 1 aromatic rings. The third kappa shape index (κ3) is 3.64. The summed E-state index contributed by atoms with van der Waals surface area (Å²) in [5, 5.41) is 0. The lowest BCUT2D eigenvalue weighted by Gasteiger charge is -2.05. The van der Waals surface area contributed by atoms with Crippen LogP contribution in [0.25, 0.3) is 6.08 Å². The van der Waals surface area contributed by atoms with Crippen molar-refractivity contribution in [3.8, 4) is 0 Å². The number of hydrogen-bond donors (Lipinski definition) is 2. The van der Waals surface area contributed by atoms with Crippen LogP contribution in [-0.2, 0) is 9.53 Å². The molecule has 0 aromatic heterocycles. The Balaban J connectivity index is 3.02. The van der Waals surface area contributed by atoms with Gasteiger partial charge in [-0.05, 0) is 17.7 Å². The number of ether oxygens (including phenoxy) is 1. The van der Waals surface area contributed by atoms with Gasteiger partial charge >= 0.3 is 5.97 Å². The van der Waals surface area contributed by atoms with Crippen LogP contribution in [0.1, 0.15) is 22.3 Å². The summed E-state index contributed by atoms with van der Waals surface area (Å²) in [5.41, 5.74) is 12.1. The van der Waals surface area contributed by atoms with Crippen molar-refractivity contribution >= 4 is 23.6 Å². The lowest BCUT2D eigenvalue weighted by Crippen LogP contribution is -2.08. The highest BCUT2D eigenvalue weighted by atomic mass is 16.5. The Kier molecular flexibility index (Phi) is 4.28. The van der Waals surface area contributed by atoms with E-state index in [9.17, 15) is 9.59 Å². The van der Waals surface area contributed by atoms with Crippen LogP contribution in [0.2, 0.25) is 0 Å². The molecule has 0 atom stereocenters. The molecule has 5 heteroatoms. The van der Waals surface area contributed by atoms with E-state index in [4.69, 9.17) is 11.5 Å². The molecule has 1 aromatic carbocycles. The van der Waals surface area contributed by atoms with Crippen molar-refractivity contribution in [2.75, 3.05) is 12.8 Å². The lowest BCUT2D eigenvalue weighted by atomic mass is 10.1. The minimum absolute atomic E-state index is 0.116. The molecular formula is C12H14N2O3. The number of amides is 1. The van der Waals surface area contributed by atoms with E-state index in [1.54, 1.807) is 24.3 Å². The van der Waals surface area contributed by atoms with Crippen LogP contribution in [0.3, 0.4) is 0 Å². The number of nitrogen functional groups attached to an aromatic ring is 1. The fourth-order valence-corrected chi connectivity index (χ4v) is 1.31. The van der Waals surface area contributed by atoms with Gasteiger partial charge in [0.25, 0.3) is 0 Å². The van der Waals surface area contributed by atoms with Gasteiger partial charge in [0.1, 0.15) is 0 Å². The smallest absolute Gasteiger partial charge is 0.338 e. The highest BCUT2D eigenvalue weighted by Gasteiger charge is 2.10. The molecule has 0 aliphatic heterocycles. The summed E-state index contributed by atoms with van der Waals surface area (Å²) in [5.74, 6) is -0.910. The second-order valence-electron chi connectivity index (χ2n) is 3.41. The van der Waals surface area contributed by atoms with Crippen molar-refractivity contribution in [2.24, 2.45) is 5.73 Å². The zero-order valence-corrected chi connectivity index (χ0v) is 9.47. The van der Waals surface area contributed by atoms with Crippen LogP contribution in [0.5, 0.6) is 0 Å². The normalized spacial score (nSPS) is 10.4. The predicted octanol–water partition coefficient (Wildman–Crippen LogP) is 0.944. The van der Waals surface area contributed by atoms with E-state index in [1.807, 2.05) is 0 Å². The highest BCUT2D eigenvalue weighted by Crippen LogP contribution is 2.16. The first-order valence-electron chi connectivity index (χ1n) is 4.97. The summed E-state index contributed by atoms with van der Waals surface area (Å²) in [7, 11) is 1.29. The number of nitrogens with two attached hydrogens (primary N) is 2. The van der Waals surface area contributed by atoms with Crippen molar-refractivity contribution in [2.45, 2.75) is 6.42 Å². The first kappa shape index (κ1) is 12.8. The first-order chi connectivity index (χ1) is 8.04. The molecule has 0 bridgehead atoms. The van der Waals surface area contributed by atoms with E-state index in [-0.39, 0.29) is 6.42 Å². The molecule has 1 rings (SSSR count). The van der Waals surface area contributed by atoms with Crippen molar-refractivity contribution in [1.82, 2.24) is 0 Å². The van der Waals surface area contributed by atoms with Gasteiger partial charge in [-0.25, -0.2) is 4.79 Å². The molecule has 0 saturated heterocycles. The van der Waals surface area contributed by atoms with Gasteiger partial charge in [0.15, 0.2) is 0 Å². The summed E-state index contributed by atoms with van der Waals surface area (Å²) < 4.78 is 4.64. The van der Waals surface area contributed by atoms with Gasteiger partial charge in [-0.1, -0.05) is 18.2 Å². The van der Waals surface area contributed by atoms with Gasteiger partial charge < -0.3 is 16.2 Å². The standard InChI is InChI=1S/C12H14N2O3/c1-17-12(16)10-7-9(13)6-5-8(10)3-2-4-11(14)15/h2-3,5-7H,4,13H2,1H3,(H2,14,15). The van der Waals surface area contributed by atoms with Crippen LogP contribution in [0, 0.1) is 0 Å². The summed E-state index contributed by atoms with van der Waals surface area (Å²) in [4.78, 5) is 22.1. The Morgan fingerprint density at radius 1 is 1.41 bits per heavy atom. The van der Waals surface area contributed by atoms with E-state index in [0.29, 0.717) is 16.8 Å². The molecular weight excluding hydrogens is 220 g/mol. The van der Waals surface area contributed by atoms with Gasteiger partial charge in [0, 0.05) is 12.1 Å². The number of carbonyl (C=O) groups excluding carboxylic acids is 2. The molecule has 0 unspecified atom stereocenters. The maximum Gasteiger partial charge on any atom is 0.338 e. The maximum absolute atomic E-state index is 11.5. The van der Waals surface area contributed by atoms with Gasteiger partial charge in [-0.3, -0.25) is 4.79 Å². The molecule has 1 amide bonds. The van der Waals surface area contributed by atoms with Gasteiger partial charge in [-0.2, -0.15) is 0 Å². The quantitative estimate of drug-likeness (QED) is 0.598. The van der Waals surface area contributed by atoms with E-state index < -0.39 is 11.9 Å². The first-order valence-corrected chi connectivity index (χ1v) is 4.97. The largest absolute Gasteiger partial charge is 0.465 e. The fraction of sp³-hybridized carbons (Fsp3) is 0.167. The third-order valence-corrected chi connectivity index (χ3v) is 2.10. The zero-order chi connectivity index (χ0) is 12.8. The van der Waals surface area contributed by atoms with E-state index in [1.165, 1.54) is 13.2 Å². The number of benzene rings is 1. The zero-order valence-electron chi connectivity index (χ0n) is 9.47. The SMILES string of the molecule is COC(=O)c1cc(N)ccc1C=CCC(N)=O. The Bertz CT molecular complexity index is 467. The second kappa shape index (κ2) is 5.69. The topological polar surface area (TPSA) is 95.4 Å². The fourth-order valence-electron chi connectivity index (χ4n) is 1.31.